The standard InChI is InChI=1S/C82H148Si14/c1-55-47-57(3)69(58(4)48-55)95(71-65(79(87(19,20)21)88(22,23)24)51-61(77(83(7,8)9)84(10,11)12)52-66(71)80(89(25,26)27)90(28,29)30)73-63-45-43-44-46-64(63)74-76(75(73)95)96(74,70-59(5)49-56(2)50-60(70)6)72-67(81(91(31,32)33)92(34,35)36)53-62(78(85(13,14)15)86(16,17)18)54-68(72)82(93(37,38)39)94(40,41)42/h43-54,73-82H,1-42H3/t73-,74-,75+,76+,95-,96-/m1/s1. The fraction of sp³-hybridized carbons (Fsp3) is 0.634. The van der Waals surface area contributed by atoms with Crippen molar-refractivity contribution in [3.05, 3.63) is 151 Å². The largest absolute Gasteiger partial charge is 0.130 e. The van der Waals surface area contributed by atoms with Crippen LogP contribution in [0.15, 0.2) is 72.8 Å². The average Bonchev–Trinajstić information content (AvgIpc) is 1.43. The minimum Gasteiger partial charge on any atom is -0.0693 e. The third-order valence-electron chi connectivity index (χ3n) is 24.3. The van der Waals surface area contributed by atoms with Gasteiger partial charge >= 0.3 is 0 Å². The van der Waals surface area contributed by atoms with Gasteiger partial charge in [0.2, 0.25) is 0 Å². The van der Waals surface area contributed by atoms with Crippen molar-refractivity contribution in [2.24, 2.45) is 0 Å². The fourth-order valence-electron chi connectivity index (χ4n) is 26.1. The molecule has 532 valence electrons. The van der Waals surface area contributed by atoms with Crippen molar-refractivity contribution < 1.29 is 0 Å². The second-order valence-electron chi connectivity index (χ2n) is 46.1. The van der Waals surface area contributed by atoms with Crippen LogP contribution in [0.5, 0.6) is 0 Å². The molecule has 0 radical (unpaired) electrons. The molecule has 3 aliphatic rings. The first-order valence-electron chi connectivity index (χ1n) is 38.4. The number of hydrogen-bond donors (Lipinski definition) is 0. The zero-order valence-electron chi connectivity index (χ0n) is 70.7. The highest BCUT2D eigenvalue weighted by molar-refractivity contribution is 7.21. The minimum atomic E-state index is -2.99. The van der Waals surface area contributed by atoms with E-state index >= 15 is 0 Å². The molecular formula is C82H148Si14. The molecule has 14 heteroatoms. The molecule has 0 aromatic heterocycles. The number of benzene rings is 5. The Morgan fingerprint density at radius 1 is 0.240 bits per heavy atom. The monoisotopic (exact) mass is 1520 g/mol. The van der Waals surface area contributed by atoms with E-state index in [1.54, 1.807) is 44.5 Å². The predicted octanol–water partition coefficient (Wildman–Crippen LogP) is 24.1. The van der Waals surface area contributed by atoms with Crippen LogP contribution in [0.1, 0.15) is 120 Å². The molecule has 5 aromatic rings. The maximum Gasteiger partial charge on any atom is 0.130 e. The molecule has 96 heavy (non-hydrogen) atoms. The van der Waals surface area contributed by atoms with Crippen LogP contribution in [0.3, 0.4) is 0 Å². The zero-order chi connectivity index (χ0) is 73.7. The lowest BCUT2D eigenvalue weighted by molar-refractivity contribution is 0.810. The summed E-state index contributed by atoms with van der Waals surface area (Å²) in [6, 6.07) is 34.3. The molecule has 0 spiro atoms. The highest BCUT2D eigenvalue weighted by Crippen LogP contribution is 2.84. The third kappa shape index (κ3) is 14.4. The van der Waals surface area contributed by atoms with Gasteiger partial charge in [0, 0.05) is 96.9 Å². The Morgan fingerprint density at radius 2 is 0.417 bits per heavy atom. The molecule has 0 unspecified atom stereocenters. The van der Waals surface area contributed by atoms with Crippen molar-refractivity contribution in [1.29, 1.82) is 0 Å². The molecule has 6 atom stereocenters. The summed E-state index contributed by atoms with van der Waals surface area (Å²) >= 11 is 0. The fourth-order valence-corrected chi connectivity index (χ4v) is 121. The molecule has 0 N–H and O–H groups in total. The first-order chi connectivity index (χ1) is 42.8. The topological polar surface area (TPSA) is 0 Å². The van der Waals surface area contributed by atoms with E-state index in [0.717, 1.165) is 0 Å². The van der Waals surface area contributed by atoms with E-state index in [1.165, 1.54) is 11.1 Å². The summed E-state index contributed by atoms with van der Waals surface area (Å²) in [7, 11) is -28.7. The van der Waals surface area contributed by atoms with Gasteiger partial charge in [0.15, 0.2) is 0 Å². The van der Waals surface area contributed by atoms with E-state index in [1.807, 2.05) is 32.6 Å². The zero-order valence-corrected chi connectivity index (χ0v) is 84.7. The van der Waals surface area contributed by atoms with Crippen LogP contribution in [0.25, 0.3) is 0 Å². The molecule has 8 rings (SSSR count). The lowest BCUT2D eigenvalue weighted by Crippen LogP contribution is -2.62. The molecule has 2 aliphatic heterocycles. The Hall–Kier alpha value is -0.864. The van der Waals surface area contributed by atoms with E-state index in [9.17, 15) is 0 Å². The van der Waals surface area contributed by atoms with Crippen molar-refractivity contribution in [2.45, 2.75) is 330 Å². The smallest absolute Gasteiger partial charge is 0.0693 e. The summed E-state index contributed by atoms with van der Waals surface area (Å²) in [6.07, 6.45) is 0. The van der Waals surface area contributed by atoms with Crippen LogP contribution in [-0.2, 0) is 0 Å². The normalized spacial score (nSPS) is 21.9. The van der Waals surface area contributed by atoms with Gasteiger partial charge in [-0.3, -0.25) is 0 Å². The van der Waals surface area contributed by atoms with Gasteiger partial charge in [-0.15, -0.1) is 0 Å². The summed E-state index contributed by atoms with van der Waals surface area (Å²) in [4.78, 5) is 0. The van der Waals surface area contributed by atoms with Crippen molar-refractivity contribution in [3.8, 4) is 0 Å². The molecule has 0 bridgehead atoms. The first kappa shape index (κ1) is 80.8. The highest BCUT2D eigenvalue weighted by atomic mass is 28.4. The molecule has 5 aromatic carbocycles. The van der Waals surface area contributed by atoms with Crippen LogP contribution in [0.2, 0.25) is 247 Å². The molecule has 0 amide bonds. The van der Waals surface area contributed by atoms with Crippen molar-refractivity contribution in [1.82, 2.24) is 0 Å². The molecule has 2 fully saturated rings. The van der Waals surface area contributed by atoms with Gasteiger partial charge in [0.25, 0.3) is 0 Å². The van der Waals surface area contributed by atoms with E-state index in [2.05, 4.69) is 360 Å². The Bertz CT molecular complexity index is 3290. The van der Waals surface area contributed by atoms with Crippen molar-refractivity contribution >= 4 is 134 Å². The SMILES string of the molecule is Cc1cc(C)c([Si@]2(c3c(C([Si](C)(C)C)[Si](C)(C)C)cc(C([Si](C)(C)C)[Si](C)(C)C)cc3C([Si](C)(C)C)[Si](C)(C)C)[C@@H]3[C@@H]4[C@@H](c5ccccc5[C@H]32)[Si@@]4(c2c(C)cc(C)cc2C)c2c(C([Si](C)(C)C)[Si](C)(C)C)cc(C([Si](C)(C)C)[Si](C)(C)C)cc2C([Si](C)(C)C)[Si](C)(C)C)c(C)c1. The van der Waals surface area contributed by atoms with Gasteiger partial charge in [-0.1, -0.05) is 342 Å². The number of hydrogen-bond acceptors (Lipinski definition) is 0. The van der Waals surface area contributed by atoms with Crippen molar-refractivity contribution in [3.63, 3.8) is 0 Å². The Kier molecular flexibility index (Phi) is 21.4. The maximum absolute atomic E-state index is 3.15. The number of fused-ring (bicyclic) bond motifs is 6. The van der Waals surface area contributed by atoms with Gasteiger partial charge in [-0.2, -0.15) is 0 Å². The van der Waals surface area contributed by atoms with Gasteiger partial charge in [-0.25, -0.2) is 0 Å². The molecule has 0 saturated carbocycles. The summed E-state index contributed by atoms with van der Waals surface area (Å²) in [5, 5.41) is 11.7. The first-order valence-corrected chi connectivity index (χ1v) is 85.6. The summed E-state index contributed by atoms with van der Waals surface area (Å²) < 4.78 is 0. The van der Waals surface area contributed by atoms with Crippen LogP contribution in [0.4, 0.5) is 0 Å². The van der Waals surface area contributed by atoms with E-state index in [4.69, 9.17) is 0 Å². The Labute approximate surface area is 609 Å². The van der Waals surface area contributed by atoms with Gasteiger partial charge < -0.3 is 0 Å². The lowest BCUT2D eigenvalue weighted by Gasteiger charge is -2.48. The van der Waals surface area contributed by atoms with Crippen LogP contribution in [-0.4, -0.2) is 113 Å². The second-order valence-corrected chi connectivity index (χ2v) is 121. The number of rotatable bonds is 22. The quantitative estimate of drug-likeness (QED) is 0.0606. The average molecular weight is 1530 g/mol. The molecule has 0 nitrogen and oxygen atoms in total. The van der Waals surface area contributed by atoms with Gasteiger partial charge in [0.1, 0.15) is 16.1 Å². The van der Waals surface area contributed by atoms with E-state index < -0.39 is 113 Å². The lowest BCUT2D eigenvalue weighted by atomic mass is 9.92. The molecular weight excluding hydrogens is 1380 g/mol. The summed E-state index contributed by atoms with van der Waals surface area (Å²) in [5.41, 5.74) is 26.6. The summed E-state index contributed by atoms with van der Waals surface area (Å²) in [5.74, 6) is 0. The maximum atomic E-state index is 3.15. The van der Waals surface area contributed by atoms with Crippen LogP contribution < -0.4 is 20.7 Å². The van der Waals surface area contributed by atoms with Crippen LogP contribution in [0, 0.1) is 41.5 Å². The minimum absolute atomic E-state index is 0.514. The molecule has 2 saturated heterocycles. The predicted molar refractivity (Wildman–Crippen MR) is 480 cm³/mol. The Morgan fingerprint density at radius 3 is 0.583 bits per heavy atom. The third-order valence-corrected chi connectivity index (χ3v) is 92.5. The second kappa shape index (κ2) is 25.4. The number of aryl methyl sites for hydroxylation is 6. The van der Waals surface area contributed by atoms with E-state index in [-0.39, 0.29) is 0 Å². The van der Waals surface area contributed by atoms with E-state index in [0.29, 0.717) is 53.2 Å². The summed E-state index contributed by atoms with van der Waals surface area (Å²) in [6.45, 7) is 117. The van der Waals surface area contributed by atoms with Gasteiger partial charge in [0.05, 0.1) is 0 Å². The Balaban J connectivity index is 1.83. The highest BCUT2D eigenvalue weighted by Gasteiger charge is 2.87. The van der Waals surface area contributed by atoms with Crippen molar-refractivity contribution in [2.75, 3.05) is 0 Å². The van der Waals surface area contributed by atoms with Gasteiger partial charge in [-0.05, 0) is 160 Å². The molecule has 2 heterocycles. The van der Waals surface area contributed by atoms with Crippen LogP contribution >= 0.6 is 0 Å². The molecule has 1 aliphatic carbocycles.